The number of nitrogens with zero attached hydrogens (tertiary/aromatic N) is 2. The average molecular weight is 358 g/mol. The third kappa shape index (κ3) is 3.28. The van der Waals surface area contributed by atoms with Gasteiger partial charge in [0.25, 0.3) is 0 Å². The maximum Gasteiger partial charge on any atom is 0.341 e. The van der Waals surface area contributed by atoms with Crippen LogP contribution in [0.15, 0.2) is 28.3 Å². The van der Waals surface area contributed by atoms with E-state index in [9.17, 15) is 4.79 Å². The normalized spacial score (nSPS) is 14.0. The highest BCUT2D eigenvalue weighted by Gasteiger charge is 2.22. The van der Waals surface area contributed by atoms with E-state index in [-0.39, 0.29) is 18.1 Å². The van der Waals surface area contributed by atoms with E-state index in [0.29, 0.717) is 12.2 Å². The van der Waals surface area contributed by atoms with Gasteiger partial charge >= 0.3 is 5.97 Å². The molecule has 20 heavy (non-hydrogen) atoms. The molecule has 0 aliphatic heterocycles. The molecule has 2 atom stereocenters. The second kappa shape index (κ2) is 6.51. The Morgan fingerprint density at radius 1 is 1.65 bits per heavy atom. The Morgan fingerprint density at radius 2 is 2.40 bits per heavy atom. The number of halogens is 1. The number of carbonyl (C=O) groups is 1. The van der Waals surface area contributed by atoms with Crippen LogP contribution in [-0.4, -0.2) is 28.4 Å². The summed E-state index contributed by atoms with van der Waals surface area (Å²) in [6.07, 6.45) is 3.19. The van der Waals surface area contributed by atoms with Crippen molar-refractivity contribution in [2.45, 2.75) is 25.9 Å². The summed E-state index contributed by atoms with van der Waals surface area (Å²) in [6.45, 7) is 4.04. The van der Waals surface area contributed by atoms with E-state index in [2.05, 4.69) is 21.0 Å². The first-order valence-corrected chi connectivity index (χ1v) is 7.91. The van der Waals surface area contributed by atoms with Gasteiger partial charge in [0.15, 0.2) is 0 Å². The molecule has 0 saturated carbocycles. The second-order valence-electron chi connectivity index (χ2n) is 4.40. The van der Waals surface area contributed by atoms with Crippen molar-refractivity contribution in [1.82, 2.24) is 9.78 Å². The topological polar surface area (TPSA) is 70.1 Å². The minimum atomic E-state index is -0.366. The fourth-order valence-corrected chi connectivity index (χ4v) is 3.58. The zero-order valence-corrected chi connectivity index (χ0v) is 13.6. The van der Waals surface area contributed by atoms with Gasteiger partial charge in [-0.1, -0.05) is 0 Å². The molecule has 0 bridgehead atoms. The molecule has 2 N–H and O–H groups in total. The van der Waals surface area contributed by atoms with E-state index in [1.54, 1.807) is 29.1 Å². The summed E-state index contributed by atoms with van der Waals surface area (Å²) in [4.78, 5) is 12.8. The number of carbonyl (C=O) groups excluding carboxylic acids is 1. The molecular formula is C13H16BrN3O2S. The van der Waals surface area contributed by atoms with E-state index in [0.717, 1.165) is 9.35 Å². The van der Waals surface area contributed by atoms with Crippen LogP contribution in [0.5, 0.6) is 0 Å². The summed E-state index contributed by atoms with van der Waals surface area (Å²) in [7, 11) is 0. The van der Waals surface area contributed by atoms with E-state index in [1.165, 1.54) is 6.20 Å². The van der Waals surface area contributed by atoms with Crippen molar-refractivity contribution >= 4 is 33.2 Å². The van der Waals surface area contributed by atoms with Crippen molar-refractivity contribution in [3.8, 4) is 0 Å². The Bertz CT molecular complexity index is 594. The van der Waals surface area contributed by atoms with E-state index in [1.807, 2.05) is 18.4 Å². The van der Waals surface area contributed by atoms with Gasteiger partial charge in [-0.15, -0.1) is 11.3 Å². The van der Waals surface area contributed by atoms with Crippen molar-refractivity contribution in [3.63, 3.8) is 0 Å². The number of hydrogen-bond donors (Lipinski definition) is 1. The molecule has 7 heteroatoms. The van der Waals surface area contributed by atoms with Gasteiger partial charge in [0, 0.05) is 27.0 Å². The summed E-state index contributed by atoms with van der Waals surface area (Å²) in [6, 6.07) is 1.79. The average Bonchev–Trinajstić information content (AvgIpc) is 3.00. The molecule has 108 valence electrons. The number of nitrogens with two attached hydrogens (primary N) is 1. The Hall–Kier alpha value is -1.18. The lowest BCUT2D eigenvalue weighted by molar-refractivity contribution is 0.0526. The first-order chi connectivity index (χ1) is 9.52. The number of aromatic nitrogens is 2. The van der Waals surface area contributed by atoms with Gasteiger partial charge in [0.1, 0.15) is 6.04 Å². The zero-order valence-electron chi connectivity index (χ0n) is 11.2. The van der Waals surface area contributed by atoms with Crippen molar-refractivity contribution in [2.24, 2.45) is 5.73 Å². The highest BCUT2D eigenvalue weighted by molar-refractivity contribution is 9.10. The van der Waals surface area contributed by atoms with Crippen LogP contribution in [0.3, 0.4) is 0 Å². The summed E-state index contributed by atoms with van der Waals surface area (Å²) in [5.74, 6) is -0.366. The largest absolute Gasteiger partial charge is 0.462 e. The number of hydrogen-bond acceptors (Lipinski definition) is 5. The highest BCUT2D eigenvalue weighted by Crippen LogP contribution is 2.29. The number of thiophene rings is 1. The maximum atomic E-state index is 11.7. The van der Waals surface area contributed by atoms with Crippen molar-refractivity contribution in [3.05, 3.63) is 38.8 Å². The first-order valence-electron chi connectivity index (χ1n) is 6.23. The number of rotatable bonds is 5. The predicted molar refractivity (Wildman–Crippen MR) is 82.0 cm³/mol. The molecule has 2 aromatic heterocycles. The fraction of sp³-hybridized carbons (Fsp3) is 0.385. The van der Waals surface area contributed by atoms with Gasteiger partial charge in [0.2, 0.25) is 0 Å². The van der Waals surface area contributed by atoms with Crippen LogP contribution in [0.4, 0.5) is 0 Å². The Kier molecular flexibility index (Phi) is 4.95. The van der Waals surface area contributed by atoms with E-state index in [4.69, 9.17) is 10.5 Å². The number of ether oxygens (including phenoxy) is 1. The van der Waals surface area contributed by atoms with Crippen LogP contribution in [0, 0.1) is 0 Å². The van der Waals surface area contributed by atoms with Crippen molar-refractivity contribution in [2.75, 3.05) is 6.61 Å². The molecule has 5 nitrogen and oxygen atoms in total. The van der Waals surface area contributed by atoms with Gasteiger partial charge in [0.05, 0.1) is 18.4 Å². The number of esters is 1. The van der Waals surface area contributed by atoms with Crippen LogP contribution < -0.4 is 5.73 Å². The summed E-state index contributed by atoms with van der Waals surface area (Å²) in [5, 5.41) is 6.25. The lowest BCUT2D eigenvalue weighted by atomic mass is 10.1. The first kappa shape index (κ1) is 15.2. The van der Waals surface area contributed by atoms with Gasteiger partial charge in [-0.25, -0.2) is 4.79 Å². The Morgan fingerprint density at radius 3 is 2.95 bits per heavy atom. The summed E-state index contributed by atoms with van der Waals surface area (Å²) in [5.41, 5.74) is 6.51. The minimum Gasteiger partial charge on any atom is -0.462 e. The third-order valence-electron chi connectivity index (χ3n) is 2.77. The van der Waals surface area contributed by atoms with Crippen LogP contribution in [0.25, 0.3) is 0 Å². The molecule has 2 heterocycles. The monoisotopic (exact) mass is 357 g/mol. The molecule has 0 aliphatic rings. The SMILES string of the molecule is CCOC(=O)c1cnn(C(c2cc(Br)cs2)C(C)N)c1. The van der Waals surface area contributed by atoms with Gasteiger partial charge in [-0.05, 0) is 35.8 Å². The van der Waals surface area contributed by atoms with Gasteiger partial charge in [-0.2, -0.15) is 5.10 Å². The quantitative estimate of drug-likeness (QED) is 0.835. The molecule has 0 aliphatic carbocycles. The fourth-order valence-electron chi connectivity index (χ4n) is 1.92. The van der Waals surface area contributed by atoms with Crippen LogP contribution in [0.1, 0.15) is 35.1 Å². The third-order valence-corrected chi connectivity index (χ3v) is 4.54. The standard InChI is InChI=1S/C13H16BrN3O2S/c1-3-19-13(18)9-5-16-17(6-9)12(8(2)15)11-4-10(14)7-20-11/h4-8,12H,3,15H2,1-2H3. The van der Waals surface area contributed by atoms with Crippen molar-refractivity contribution < 1.29 is 9.53 Å². The van der Waals surface area contributed by atoms with Crippen LogP contribution >= 0.6 is 27.3 Å². The molecule has 0 radical (unpaired) electrons. The molecular weight excluding hydrogens is 342 g/mol. The zero-order chi connectivity index (χ0) is 14.7. The predicted octanol–water partition coefficient (Wildman–Crippen LogP) is 2.82. The molecule has 2 aromatic rings. The van der Waals surface area contributed by atoms with Gasteiger partial charge < -0.3 is 10.5 Å². The molecule has 2 rings (SSSR count). The van der Waals surface area contributed by atoms with E-state index >= 15 is 0 Å². The van der Waals surface area contributed by atoms with Crippen LogP contribution in [0.2, 0.25) is 0 Å². The molecule has 0 aromatic carbocycles. The Balaban J connectivity index is 2.29. The minimum absolute atomic E-state index is 0.102. The lowest BCUT2D eigenvalue weighted by Gasteiger charge is -2.19. The summed E-state index contributed by atoms with van der Waals surface area (Å²) < 4.78 is 7.70. The van der Waals surface area contributed by atoms with Crippen molar-refractivity contribution in [1.29, 1.82) is 0 Å². The summed E-state index contributed by atoms with van der Waals surface area (Å²) >= 11 is 5.04. The maximum absolute atomic E-state index is 11.7. The smallest absolute Gasteiger partial charge is 0.341 e. The molecule has 0 spiro atoms. The molecule has 0 fully saturated rings. The van der Waals surface area contributed by atoms with E-state index < -0.39 is 0 Å². The molecule has 2 unspecified atom stereocenters. The lowest BCUT2D eigenvalue weighted by Crippen LogP contribution is -2.30. The Labute approximate surface area is 129 Å². The molecule has 0 amide bonds. The van der Waals surface area contributed by atoms with Gasteiger partial charge in [-0.3, -0.25) is 4.68 Å². The highest BCUT2D eigenvalue weighted by atomic mass is 79.9. The second-order valence-corrected chi connectivity index (χ2v) is 6.26. The molecule has 0 saturated heterocycles. The van der Waals surface area contributed by atoms with Crippen LogP contribution in [-0.2, 0) is 4.74 Å².